The van der Waals surface area contributed by atoms with Gasteiger partial charge in [-0.15, -0.1) is 0 Å². The van der Waals surface area contributed by atoms with Crippen LogP contribution in [0.15, 0.2) is 18.2 Å². The van der Waals surface area contributed by atoms with Crippen LogP contribution < -0.4 is 4.90 Å². The van der Waals surface area contributed by atoms with E-state index < -0.39 is 0 Å². The summed E-state index contributed by atoms with van der Waals surface area (Å²) in [4.78, 5) is 2.09. The summed E-state index contributed by atoms with van der Waals surface area (Å²) in [6, 6.07) is 8.22. The van der Waals surface area contributed by atoms with Gasteiger partial charge in [-0.05, 0) is 24.1 Å². The number of benzene rings is 1. The molecular weight excluding hydrogens is 280 g/mol. The number of methoxy groups -OCH3 is 1. The lowest BCUT2D eigenvalue weighted by molar-refractivity contribution is 0.196. The molecule has 4 heteroatoms. The molecule has 0 aliphatic carbocycles. The van der Waals surface area contributed by atoms with Gasteiger partial charge in [0.15, 0.2) is 0 Å². The van der Waals surface area contributed by atoms with Crippen molar-refractivity contribution in [2.24, 2.45) is 0 Å². The zero-order chi connectivity index (χ0) is 12.7. The normalized spacial score (nSPS) is 10.0. The van der Waals surface area contributed by atoms with Gasteiger partial charge in [0.05, 0.1) is 11.3 Å². The van der Waals surface area contributed by atoms with Crippen LogP contribution in [-0.4, -0.2) is 27.3 Å². The highest BCUT2D eigenvalue weighted by atomic mass is 79.9. The highest BCUT2D eigenvalue weighted by Crippen LogP contribution is 2.21. The van der Waals surface area contributed by atoms with Gasteiger partial charge < -0.3 is 9.64 Å². The number of hydrogen-bond acceptors (Lipinski definition) is 3. The van der Waals surface area contributed by atoms with E-state index >= 15 is 0 Å². The summed E-state index contributed by atoms with van der Waals surface area (Å²) in [6.07, 6.45) is 0.956. The van der Waals surface area contributed by atoms with E-state index in [1.807, 2.05) is 25.2 Å². The molecule has 0 aromatic heterocycles. The second-order valence-corrected chi connectivity index (χ2v) is 4.43. The lowest BCUT2D eigenvalue weighted by Crippen LogP contribution is -2.20. The van der Waals surface area contributed by atoms with E-state index in [1.54, 1.807) is 7.11 Å². The fraction of sp³-hybridized carbons (Fsp3) is 0.462. The molecule has 3 nitrogen and oxygen atoms in total. The maximum Gasteiger partial charge on any atom is 0.101 e. The maximum absolute atomic E-state index is 9.14. The fourth-order valence-electron chi connectivity index (χ4n) is 1.66. The third kappa shape index (κ3) is 4.03. The van der Waals surface area contributed by atoms with E-state index in [0.29, 0.717) is 0 Å². The highest BCUT2D eigenvalue weighted by molar-refractivity contribution is 9.08. The van der Waals surface area contributed by atoms with Crippen LogP contribution >= 0.6 is 15.9 Å². The summed E-state index contributed by atoms with van der Waals surface area (Å²) in [5.74, 6) is 0. The molecule has 1 aromatic rings. The van der Waals surface area contributed by atoms with Gasteiger partial charge in [0.1, 0.15) is 6.07 Å². The molecular formula is C13H17BrN2O. The third-order valence-electron chi connectivity index (χ3n) is 2.59. The molecule has 1 rings (SSSR count). The molecule has 0 N–H and O–H groups in total. The first-order valence-corrected chi connectivity index (χ1v) is 6.64. The maximum atomic E-state index is 9.14. The van der Waals surface area contributed by atoms with E-state index in [4.69, 9.17) is 10.00 Å². The summed E-state index contributed by atoms with van der Waals surface area (Å²) in [5.41, 5.74) is 2.82. The van der Waals surface area contributed by atoms with Gasteiger partial charge in [-0.1, -0.05) is 22.0 Å². The van der Waals surface area contributed by atoms with Gasteiger partial charge in [-0.3, -0.25) is 0 Å². The van der Waals surface area contributed by atoms with Crippen molar-refractivity contribution in [3.63, 3.8) is 0 Å². The van der Waals surface area contributed by atoms with Crippen molar-refractivity contribution in [3.05, 3.63) is 29.3 Å². The van der Waals surface area contributed by atoms with Gasteiger partial charge in [0.25, 0.3) is 0 Å². The Hall–Kier alpha value is -1.05. The second kappa shape index (κ2) is 7.31. The molecule has 0 saturated carbocycles. The van der Waals surface area contributed by atoms with Crippen molar-refractivity contribution >= 4 is 21.6 Å². The number of alkyl halides is 1. The van der Waals surface area contributed by atoms with Crippen LogP contribution in [-0.2, 0) is 10.1 Å². The first-order valence-electron chi connectivity index (χ1n) is 5.52. The zero-order valence-electron chi connectivity index (χ0n) is 10.2. The monoisotopic (exact) mass is 296 g/mol. The van der Waals surface area contributed by atoms with Gasteiger partial charge in [0, 0.05) is 32.6 Å². The van der Waals surface area contributed by atoms with Gasteiger partial charge in [-0.2, -0.15) is 5.26 Å². The molecule has 0 aliphatic rings. The molecule has 0 atom stereocenters. The molecule has 0 saturated heterocycles. The molecule has 0 aliphatic heterocycles. The van der Waals surface area contributed by atoms with E-state index in [1.165, 1.54) is 0 Å². The van der Waals surface area contributed by atoms with Crippen molar-refractivity contribution in [2.45, 2.75) is 11.8 Å². The molecule has 92 valence electrons. The molecule has 0 bridgehead atoms. The van der Waals surface area contributed by atoms with Gasteiger partial charge >= 0.3 is 0 Å². The number of halogens is 1. The van der Waals surface area contributed by atoms with Crippen LogP contribution in [0.25, 0.3) is 0 Å². The third-order valence-corrected chi connectivity index (χ3v) is 3.24. The molecule has 0 radical (unpaired) electrons. The van der Waals surface area contributed by atoms with Crippen molar-refractivity contribution in [1.82, 2.24) is 0 Å². The average molecular weight is 297 g/mol. The number of anilines is 1. The van der Waals surface area contributed by atoms with Crippen molar-refractivity contribution in [2.75, 3.05) is 32.2 Å². The van der Waals surface area contributed by atoms with Crippen LogP contribution in [0, 0.1) is 11.3 Å². The van der Waals surface area contributed by atoms with Crippen LogP contribution in [0.2, 0.25) is 0 Å². The molecule has 1 aromatic carbocycles. The van der Waals surface area contributed by atoms with E-state index in [9.17, 15) is 0 Å². The second-order valence-electron chi connectivity index (χ2n) is 3.86. The Morgan fingerprint density at radius 3 is 2.82 bits per heavy atom. The summed E-state index contributed by atoms with van der Waals surface area (Å²) < 4.78 is 5.02. The molecule has 17 heavy (non-hydrogen) atoms. The summed E-state index contributed by atoms with van der Waals surface area (Å²) in [6.45, 7) is 1.63. The van der Waals surface area contributed by atoms with Gasteiger partial charge in [-0.25, -0.2) is 0 Å². The topological polar surface area (TPSA) is 36.3 Å². The quantitative estimate of drug-likeness (QED) is 0.598. The minimum absolute atomic E-state index is 0.724. The Balaban J connectivity index is 2.79. The molecule has 0 fully saturated rings. The fourth-order valence-corrected chi connectivity index (χ4v) is 2.00. The minimum atomic E-state index is 0.724. The Labute approximate surface area is 111 Å². The predicted octanol–water partition coefficient (Wildman–Crippen LogP) is 2.93. The molecule has 0 amide bonds. The Kier molecular flexibility index (Phi) is 6.03. The van der Waals surface area contributed by atoms with Crippen molar-refractivity contribution in [3.8, 4) is 6.07 Å². The van der Waals surface area contributed by atoms with Crippen molar-refractivity contribution < 1.29 is 4.74 Å². The van der Waals surface area contributed by atoms with E-state index in [-0.39, 0.29) is 0 Å². The Morgan fingerprint density at radius 2 is 2.24 bits per heavy atom. The van der Waals surface area contributed by atoms with E-state index in [2.05, 4.69) is 26.9 Å². The van der Waals surface area contributed by atoms with Crippen LogP contribution in [0.3, 0.4) is 0 Å². The minimum Gasteiger partial charge on any atom is -0.385 e. The number of nitriles is 1. The lowest BCUT2D eigenvalue weighted by Gasteiger charge is -2.20. The van der Waals surface area contributed by atoms with Gasteiger partial charge in [0.2, 0.25) is 0 Å². The molecule has 0 unspecified atom stereocenters. The number of hydrogen-bond donors (Lipinski definition) is 0. The van der Waals surface area contributed by atoms with Crippen LogP contribution in [0.5, 0.6) is 0 Å². The number of rotatable bonds is 6. The predicted molar refractivity (Wildman–Crippen MR) is 73.6 cm³/mol. The molecule has 0 spiro atoms. The lowest BCUT2D eigenvalue weighted by atomic mass is 10.1. The van der Waals surface area contributed by atoms with Crippen molar-refractivity contribution in [1.29, 1.82) is 5.26 Å². The first kappa shape index (κ1) is 14.0. The van der Waals surface area contributed by atoms with E-state index in [0.717, 1.165) is 41.7 Å². The van der Waals surface area contributed by atoms with Crippen LogP contribution in [0.1, 0.15) is 17.5 Å². The smallest absolute Gasteiger partial charge is 0.101 e. The molecule has 0 heterocycles. The first-order chi connectivity index (χ1) is 8.22. The highest BCUT2D eigenvalue weighted by Gasteiger charge is 2.07. The summed E-state index contributed by atoms with van der Waals surface area (Å²) in [5, 5.41) is 9.92. The summed E-state index contributed by atoms with van der Waals surface area (Å²) in [7, 11) is 3.70. The SMILES string of the molecule is COCCCN(C)c1ccc(CBr)cc1C#N. The van der Waals surface area contributed by atoms with Crippen LogP contribution in [0.4, 0.5) is 5.69 Å². The zero-order valence-corrected chi connectivity index (χ0v) is 11.8. The Morgan fingerprint density at radius 1 is 1.47 bits per heavy atom. The Bertz CT molecular complexity index is 401. The summed E-state index contributed by atoms with van der Waals surface area (Å²) >= 11 is 3.39. The number of ether oxygens (including phenoxy) is 1. The standard InChI is InChI=1S/C13H17BrN2O/c1-16(6-3-7-17-2)13-5-4-11(9-14)8-12(13)10-15/h4-5,8H,3,6-7,9H2,1-2H3. The number of nitrogens with zero attached hydrogens (tertiary/aromatic N) is 2. The average Bonchev–Trinajstić information content (AvgIpc) is 2.38. The largest absolute Gasteiger partial charge is 0.385 e.